The molecule has 218 valence electrons. The maximum atomic E-state index is 13.6. The molecule has 3 rings (SSSR count). The Morgan fingerprint density at radius 1 is 1.05 bits per heavy atom. The lowest BCUT2D eigenvalue weighted by Gasteiger charge is -2.40. The van der Waals surface area contributed by atoms with Gasteiger partial charge < -0.3 is 16.2 Å². The van der Waals surface area contributed by atoms with Crippen LogP contribution in [0.1, 0.15) is 105 Å². The largest absolute Gasteiger partial charge is 0.480 e. The number of rotatable bonds is 14. The van der Waals surface area contributed by atoms with Crippen molar-refractivity contribution in [2.75, 3.05) is 6.54 Å². The van der Waals surface area contributed by atoms with Crippen LogP contribution in [0.5, 0.6) is 0 Å². The number of nitrogens with two attached hydrogens (primary N) is 1. The lowest BCUT2D eigenvalue weighted by atomic mass is 9.69. The van der Waals surface area contributed by atoms with Crippen molar-refractivity contribution < 1.29 is 23.1 Å². The first kappa shape index (κ1) is 30.8. The van der Waals surface area contributed by atoms with E-state index in [0.717, 1.165) is 51.4 Å². The van der Waals surface area contributed by atoms with E-state index in [2.05, 4.69) is 40.5 Å². The molecular weight excluding hydrogens is 506 g/mol. The number of aliphatic carboxylic acids is 1. The fourth-order valence-electron chi connectivity index (χ4n) is 7.02. The van der Waals surface area contributed by atoms with E-state index in [1.165, 1.54) is 0 Å². The molecule has 11 heteroatoms. The van der Waals surface area contributed by atoms with E-state index in [9.17, 15) is 23.1 Å². The molecule has 6 N–H and O–H groups in total. The van der Waals surface area contributed by atoms with Crippen LogP contribution in [-0.2, 0) is 19.8 Å². The number of carboxylic acid groups (broad SMARTS) is 1. The highest BCUT2D eigenvalue weighted by Gasteiger charge is 2.61. The molecular formula is C27H49N5O5S. The Morgan fingerprint density at radius 2 is 1.71 bits per heavy atom. The minimum Gasteiger partial charge on any atom is -0.480 e. The number of nitrogens with zero attached hydrogens (tertiary/aromatic N) is 1. The monoisotopic (exact) mass is 555 g/mol. The highest BCUT2D eigenvalue weighted by Crippen LogP contribution is 2.65. The molecule has 0 spiro atoms. The summed E-state index contributed by atoms with van der Waals surface area (Å²) in [5, 5.41) is 12.9. The van der Waals surface area contributed by atoms with Gasteiger partial charge in [0, 0.05) is 12.6 Å². The Morgan fingerprint density at radius 3 is 2.26 bits per heavy atom. The summed E-state index contributed by atoms with van der Waals surface area (Å²) >= 11 is 0. The number of carbonyl (C=O) groups excluding carboxylic acids is 1. The van der Waals surface area contributed by atoms with Crippen LogP contribution in [0.15, 0.2) is 4.99 Å². The zero-order valence-corrected chi connectivity index (χ0v) is 24.4. The normalized spacial score (nSPS) is 29.2. The van der Waals surface area contributed by atoms with Crippen LogP contribution in [0.4, 0.5) is 0 Å². The predicted molar refractivity (Wildman–Crippen MR) is 149 cm³/mol. The van der Waals surface area contributed by atoms with Gasteiger partial charge in [-0.3, -0.25) is 14.6 Å². The first-order chi connectivity index (χ1) is 17.7. The minimum atomic E-state index is -4.25. The Kier molecular flexibility index (Phi) is 10.2. The first-order valence-corrected chi connectivity index (χ1v) is 15.8. The van der Waals surface area contributed by atoms with Crippen molar-refractivity contribution in [2.24, 2.45) is 33.4 Å². The summed E-state index contributed by atoms with van der Waals surface area (Å²) in [7, 11) is -4.25. The van der Waals surface area contributed by atoms with Gasteiger partial charge in [0.2, 0.25) is 5.91 Å². The molecule has 38 heavy (non-hydrogen) atoms. The van der Waals surface area contributed by atoms with E-state index in [0.29, 0.717) is 37.6 Å². The summed E-state index contributed by atoms with van der Waals surface area (Å²) in [6.07, 6.45) is 9.97. The van der Waals surface area contributed by atoms with Gasteiger partial charge in [-0.2, -0.15) is 17.9 Å². The van der Waals surface area contributed by atoms with Gasteiger partial charge in [-0.05, 0) is 74.5 Å². The molecule has 0 aromatic carbocycles. The van der Waals surface area contributed by atoms with Crippen molar-refractivity contribution in [1.82, 2.24) is 14.8 Å². The van der Waals surface area contributed by atoms with Gasteiger partial charge in [0.15, 0.2) is 0 Å². The highest BCUT2D eigenvalue weighted by molar-refractivity contribution is 7.87. The Balaban J connectivity index is 1.67. The second kappa shape index (κ2) is 12.6. The third-order valence-electron chi connectivity index (χ3n) is 9.88. The number of nitrogens with one attached hydrogen (secondary N) is 3. The number of amides is 1. The van der Waals surface area contributed by atoms with Crippen LogP contribution >= 0.6 is 0 Å². The van der Waals surface area contributed by atoms with E-state index >= 15 is 0 Å². The summed E-state index contributed by atoms with van der Waals surface area (Å²) < 4.78 is 31.0. The summed E-state index contributed by atoms with van der Waals surface area (Å²) in [4.78, 5) is 29.5. The number of hydrogen-bond acceptors (Lipinski definition) is 5. The molecule has 0 aromatic heterocycles. The zero-order chi connectivity index (χ0) is 28.1. The maximum absolute atomic E-state index is 13.6. The fourth-order valence-corrected chi connectivity index (χ4v) is 8.26. The van der Waals surface area contributed by atoms with Crippen LogP contribution < -0.4 is 20.5 Å². The van der Waals surface area contributed by atoms with Crippen molar-refractivity contribution in [3.63, 3.8) is 0 Å². The molecule has 3 saturated carbocycles. The Bertz CT molecular complexity index is 974. The predicted octanol–water partition coefficient (Wildman–Crippen LogP) is 3.08. The van der Waals surface area contributed by atoms with Crippen molar-refractivity contribution in [3.05, 3.63) is 0 Å². The molecule has 0 heterocycles. The summed E-state index contributed by atoms with van der Waals surface area (Å²) in [6.45, 7) is 8.93. The Labute approximate surface area is 228 Å². The van der Waals surface area contributed by atoms with Gasteiger partial charge in [0.25, 0.3) is 10.2 Å². The number of carboxylic acids is 1. The van der Waals surface area contributed by atoms with Crippen LogP contribution in [0.25, 0.3) is 0 Å². The summed E-state index contributed by atoms with van der Waals surface area (Å²) in [6, 6.07) is -2.24. The second-order valence-corrected chi connectivity index (χ2v) is 14.1. The topological polar surface area (TPSA) is 163 Å². The van der Waals surface area contributed by atoms with Crippen molar-refractivity contribution in [1.29, 1.82) is 0 Å². The molecule has 0 aromatic rings. The average molecular weight is 556 g/mol. The van der Waals surface area contributed by atoms with Gasteiger partial charge in [0.05, 0.1) is 5.84 Å². The number of carbonyl (C=O) groups is 2. The number of fused-ring (bicyclic) bond motifs is 2. The number of hydrogen-bond donors (Lipinski definition) is 5. The first-order valence-electron chi connectivity index (χ1n) is 14.3. The molecule has 2 bridgehead atoms. The van der Waals surface area contributed by atoms with E-state index in [1.54, 1.807) is 6.92 Å². The fraction of sp³-hybridized carbons (Fsp3) is 0.889. The maximum Gasteiger partial charge on any atom is 0.321 e. The average Bonchev–Trinajstić information content (AvgIpc) is 3.16. The smallest absolute Gasteiger partial charge is 0.321 e. The number of amidine groups is 1. The number of aliphatic imine (C=N–C) groups is 1. The van der Waals surface area contributed by atoms with Gasteiger partial charge in [-0.25, -0.2) is 0 Å². The minimum absolute atomic E-state index is 0.00153. The summed E-state index contributed by atoms with van der Waals surface area (Å²) in [5.74, 6) is -0.300. The van der Waals surface area contributed by atoms with Crippen LogP contribution in [0.2, 0.25) is 0 Å². The van der Waals surface area contributed by atoms with Gasteiger partial charge in [-0.15, -0.1) is 0 Å². The summed E-state index contributed by atoms with van der Waals surface area (Å²) in [5.41, 5.74) is 5.61. The van der Waals surface area contributed by atoms with Crippen LogP contribution in [-0.4, -0.2) is 55.9 Å². The van der Waals surface area contributed by atoms with Crippen molar-refractivity contribution in [3.8, 4) is 0 Å². The molecule has 3 aliphatic rings. The molecule has 0 aliphatic heterocycles. The molecule has 0 saturated heterocycles. The standard InChI is InChI=1S/C27H49N5O5S/c1-18(28)29-15-9-8-12-21(25(34)35)31-38(36,37)32-22(16-19-10-6-5-7-11-19)24(33)30-23-17-20-13-14-27(23,4)26(20,2)3/h19-23,31-32H,5-17H2,1-4H3,(H2,28,29)(H,30,33)(H,34,35)/t20-,21+,22+,23+,27+/m1/s1. The quantitative estimate of drug-likeness (QED) is 0.126. The van der Waals surface area contributed by atoms with Gasteiger partial charge in [-0.1, -0.05) is 52.9 Å². The van der Waals surface area contributed by atoms with Crippen LogP contribution in [0, 0.1) is 22.7 Å². The van der Waals surface area contributed by atoms with Gasteiger partial charge >= 0.3 is 5.97 Å². The lowest BCUT2D eigenvalue weighted by molar-refractivity contribution is -0.139. The Hall–Kier alpha value is -1.72. The van der Waals surface area contributed by atoms with Gasteiger partial charge in [0.1, 0.15) is 12.1 Å². The molecule has 10 nitrogen and oxygen atoms in total. The lowest BCUT2D eigenvalue weighted by Crippen LogP contribution is -2.57. The second-order valence-electron chi connectivity index (χ2n) is 12.6. The molecule has 1 amide bonds. The van der Waals surface area contributed by atoms with E-state index in [-0.39, 0.29) is 35.1 Å². The third kappa shape index (κ3) is 7.47. The molecule has 3 aliphatic carbocycles. The number of unbranched alkanes of at least 4 members (excludes halogenated alkanes) is 1. The SMILES string of the molecule is CC(N)=NCCCC[C@H](NS(=O)(=O)N[C@@H](CC1CCCCC1)C(=O)N[C@H]1C[C@H]2CC[C@]1(C)C2(C)C)C(=O)O. The molecule has 0 unspecified atom stereocenters. The van der Waals surface area contributed by atoms with E-state index < -0.39 is 28.3 Å². The highest BCUT2D eigenvalue weighted by atomic mass is 32.2. The molecule has 5 atom stereocenters. The van der Waals surface area contributed by atoms with Crippen molar-refractivity contribution in [2.45, 2.75) is 123 Å². The van der Waals surface area contributed by atoms with Crippen molar-refractivity contribution >= 4 is 27.9 Å². The van der Waals surface area contributed by atoms with E-state index in [1.807, 2.05) is 0 Å². The zero-order valence-electron chi connectivity index (χ0n) is 23.6. The molecule has 0 radical (unpaired) electrons. The molecule has 3 fully saturated rings. The third-order valence-corrected chi connectivity index (χ3v) is 11.1. The van der Waals surface area contributed by atoms with Crippen LogP contribution in [0.3, 0.4) is 0 Å². The van der Waals surface area contributed by atoms with E-state index in [4.69, 9.17) is 5.73 Å².